The van der Waals surface area contributed by atoms with Crippen LogP contribution in [-0.4, -0.2) is 36.2 Å². The molecule has 0 aromatic heterocycles. The van der Waals surface area contributed by atoms with Gasteiger partial charge in [-0.3, -0.25) is 4.90 Å². The van der Waals surface area contributed by atoms with Crippen LogP contribution in [0.5, 0.6) is 5.75 Å². The van der Waals surface area contributed by atoms with Crippen molar-refractivity contribution >= 4 is 12.4 Å². The lowest BCUT2D eigenvalue weighted by atomic mass is 9.80. The van der Waals surface area contributed by atoms with E-state index in [1.807, 2.05) is 0 Å². The van der Waals surface area contributed by atoms with Gasteiger partial charge in [-0.25, -0.2) is 4.39 Å². The van der Waals surface area contributed by atoms with Crippen LogP contribution in [0.4, 0.5) is 4.39 Å². The van der Waals surface area contributed by atoms with Gasteiger partial charge in [-0.15, -0.1) is 12.4 Å². The van der Waals surface area contributed by atoms with Crippen molar-refractivity contribution in [2.45, 2.75) is 38.1 Å². The van der Waals surface area contributed by atoms with Gasteiger partial charge in [0.1, 0.15) is 11.6 Å². The molecule has 2 fully saturated rings. The average Bonchev–Trinajstić information content (AvgIpc) is 2.53. The predicted octanol–water partition coefficient (Wildman–Crippen LogP) is 3.48. The summed E-state index contributed by atoms with van der Waals surface area (Å²) < 4.78 is 13.7. The molecule has 1 aromatic carbocycles. The van der Waals surface area contributed by atoms with Crippen LogP contribution in [0.1, 0.15) is 43.7 Å². The van der Waals surface area contributed by atoms with Gasteiger partial charge in [0.15, 0.2) is 0 Å². The smallest absolute Gasteiger partial charge is 0.123 e. The van der Waals surface area contributed by atoms with Crippen LogP contribution < -0.4 is 5.32 Å². The Balaban J connectivity index is 0.00000176. The van der Waals surface area contributed by atoms with Crippen molar-refractivity contribution in [3.8, 4) is 5.75 Å². The summed E-state index contributed by atoms with van der Waals surface area (Å²) in [5.41, 5.74) is 0.781. The topological polar surface area (TPSA) is 35.5 Å². The number of aromatic hydroxyl groups is 1. The van der Waals surface area contributed by atoms with Crippen molar-refractivity contribution in [1.29, 1.82) is 0 Å². The molecule has 3 rings (SSSR count). The lowest BCUT2D eigenvalue weighted by Gasteiger charge is -2.41. The Morgan fingerprint density at radius 3 is 2.50 bits per heavy atom. The highest BCUT2D eigenvalue weighted by molar-refractivity contribution is 5.85. The first-order valence-electron chi connectivity index (χ1n) is 8.19. The van der Waals surface area contributed by atoms with Crippen molar-refractivity contribution in [1.82, 2.24) is 10.2 Å². The monoisotopic (exact) mass is 328 g/mol. The Morgan fingerprint density at radius 2 is 1.82 bits per heavy atom. The maximum atomic E-state index is 13.7. The molecule has 0 radical (unpaired) electrons. The van der Waals surface area contributed by atoms with E-state index < -0.39 is 0 Å². The third kappa shape index (κ3) is 3.92. The predicted molar refractivity (Wildman–Crippen MR) is 89.1 cm³/mol. The van der Waals surface area contributed by atoms with E-state index in [9.17, 15) is 9.50 Å². The Labute approximate surface area is 138 Å². The summed E-state index contributed by atoms with van der Waals surface area (Å²) in [5, 5.41) is 13.6. The third-order valence-corrected chi connectivity index (χ3v) is 4.95. The zero-order valence-corrected chi connectivity index (χ0v) is 13.7. The summed E-state index contributed by atoms with van der Waals surface area (Å²) in [7, 11) is 0. The van der Waals surface area contributed by atoms with Gasteiger partial charge < -0.3 is 10.4 Å². The first-order valence-corrected chi connectivity index (χ1v) is 8.19. The highest BCUT2D eigenvalue weighted by atomic mass is 35.5. The fourth-order valence-electron chi connectivity index (χ4n) is 3.92. The molecule has 124 valence electrons. The first-order chi connectivity index (χ1) is 10.3. The Bertz CT molecular complexity index is 456. The second kappa shape index (κ2) is 8.14. The minimum Gasteiger partial charge on any atom is -0.508 e. The standard InChI is InChI=1S/C17H25FN2O.ClH/c18-14-6-7-16(21)15(12-14)17(13-4-2-1-3-5-13)20-10-8-19-9-11-20;/h6-7,12-13,17,19,21H,1-5,8-11H2;1H/t17-;/m1./s1. The highest BCUT2D eigenvalue weighted by Crippen LogP contribution is 2.41. The van der Waals surface area contributed by atoms with E-state index in [0.717, 1.165) is 31.7 Å². The number of hydrogen-bond donors (Lipinski definition) is 2. The quantitative estimate of drug-likeness (QED) is 0.891. The molecule has 0 spiro atoms. The number of nitrogens with one attached hydrogen (secondary N) is 1. The molecule has 1 saturated carbocycles. The van der Waals surface area contributed by atoms with Gasteiger partial charge in [0.25, 0.3) is 0 Å². The van der Waals surface area contributed by atoms with Crippen LogP contribution in [0.3, 0.4) is 0 Å². The number of nitrogens with zero attached hydrogens (tertiary/aromatic N) is 1. The van der Waals surface area contributed by atoms with E-state index >= 15 is 0 Å². The summed E-state index contributed by atoms with van der Waals surface area (Å²) in [5.74, 6) is 0.522. The molecule has 1 atom stereocenters. The van der Waals surface area contributed by atoms with E-state index in [0.29, 0.717) is 5.92 Å². The third-order valence-electron chi connectivity index (χ3n) is 4.95. The molecule has 1 heterocycles. The number of benzene rings is 1. The summed E-state index contributed by atoms with van der Waals surface area (Å²) in [4.78, 5) is 2.43. The number of hydrogen-bond acceptors (Lipinski definition) is 3. The molecule has 1 aromatic rings. The van der Waals surface area contributed by atoms with Crippen LogP contribution in [0.2, 0.25) is 0 Å². The van der Waals surface area contributed by atoms with Crippen molar-refractivity contribution in [3.63, 3.8) is 0 Å². The lowest BCUT2D eigenvalue weighted by molar-refractivity contribution is 0.101. The SMILES string of the molecule is Cl.Oc1ccc(F)cc1[C@@H](C1CCCCC1)N1CCNCC1. The van der Waals surface area contributed by atoms with E-state index in [-0.39, 0.29) is 30.0 Å². The Kier molecular flexibility index (Phi) is 6.48. The van der Waals surface area contributed by atoms with Gasteiger partial charge >= 0.3 is 0 Å². The van der Waals surface area contributed by atoms with Gasteiger partial charge in [0.2, 0.25) is 0 Å². The first kappa shape index (κ1) is 17.5. The molecule has 1 aliphatic heterocycles. The summed E-state index contributed by atoms with van der Waals surface area (Å²) in [6.45, 7) is 3.88. The summed E-state index contributed by atoms with van der Waals surface area (Å²) >= 11 is 0. The summed E-state index contributed by atoms with van der Waals surface area (Å²) in [6, 6.07) is 4.54. The van der Waals surface area contributed by atoms with E-state index in [4.69, 9.17) is 0 Å². The van der Waals surface area contributed by atoms with Crippen molar-refractivity contribution in [2.24, 2.45) is 5.92 Å². The van der Waals surface area contributed by atoms with Crippen LogP contribution in [0.25, 0.3) is 0 Å². The van der Waals surface area contributed by atoms with E-state index in [1.54, 1.807) is 0 Å². The maximum Gasteiger partial charge on any atom is 0.123 e. The fourth-order valence-corrected chi connectivity index (χ4v) is 3.92. The van der Waals surface area contributed by atoms with Crippen LogP contribution >= 0.6 is 12.4 Å². The Hall–Kier alpha value is -0.840. The minimum absolute atomic E-state index is 0. The number of phenolic OH excluding ortho intramolecular Hbond substituents is 1. The minimum atomic E-state index is -0.251. The van der Waals surface area contributed by atoms with Gasteiger partial charge in [-0.05, 0) is 37.0 Å². The highest BCUT2D eigenvalue weighted by Gasteiger charge is 2.32. The van der Waals surface area contributed by atoms with Crippen LogP contribution in [0.15, 0.2) is 18.2 Å². The number of halogens is 2. The van der Waals surface area contributed by atoms with Crippen molar-refractivity contribution < 1.29 is 9.50 Å². The second-order valence-electron chi connectivity index (χ2n) is 6.33. The lowest BCUT2D eigenvalue weighted by Crippen LogP contribution is -2.47. The molecule has 0 unspecified atom stereocenters. The largest absolute Gasteiger partial charge is 0.508 e. The van der Waals surface area contributed by atoms with E-state index in [2.05, 4.69) is 10.2 Å². The zero-order chi connectivity index (χ0) is 14.7. The van der Waals surface area contributed by atoms with Gasteiger partial charge in [0.05, 0.1) is 0 Å². The van der Waals surface area contributed by atoms with Crippen LogP contribution in [0, 0.1) is 11.7 Å². The van der Waals surface area contributed by atoms with Gasteiger partial charge in [0, 0.05) is 37.8 Å². The molecule has 22 heavy (non-hydrogen) atoms. The van der Waals surface area contributed by atoms with E-state index in [1.165, 1.54) is 50.3 Å². The zero-order valence-electron chi connectivity index (χ0n) is 12.9. The van der Waals surface area contributed by atoms with Crippen molar-refractivity contribution in [2.75, 3.05) is 26.2 Å². The molecule has 0 bridgehead atoms. The summed E-state index contributed by atoms with van der Waals surface area (Å²) in [6.07, 6.45) is 6.18. The second-order valence-corrected chi connectivity index (χ2v) is 6.33. The van der Waals surface area contributed by atoms with Crippen LogP contribution in [-0.2, 0) is 0 Å². The number of phenols is 1. The normalized spacial score (nSPS) is 22.0. The van der Waals surface area contributed by atoms with Gasteiger partial charge in [-0.1, -0.05) is 19.3 Å². The molecular formula is C17H26ClFN2O. The molecule has 0 amide bonds. The Morgan fingerprint density at radius 1 is 1.14 bits per heavy atom. The molecular weight excluding hydrogens is 303 g/mol. The molecule has 3 nitrogen and oxygen atoms in total. The van der Waals surface area contributed by atoms with Crippen molar-refractivity contribution in [3.05, 3.63) is 29.6 Å². The number of rotatable bonds is 3. The molecule has 1 aliphatic carbocycles. The fraction of sp³-hybridized carbons (Fsp3) is 0.647. The maximum absolute atomic E-state index is 13.7. The molecule has 5 heteroatoms. The molecule has 2 N–H and O–H groups in total. The number of piperazine rings is 1. The average molecular weight is 329 g/mol. The molecule has 1 saturated heterocycles. The molecule has 2 aliphatic rings. The van der Waals surface area contributed by atoms with Gasteiger partial charge in [-0.2, -0.15) is 0 Å².